The Balaban J connectivity index is 1.58. The highest BCUT2D eigenvalue weighted by Gasteiger charge is 2.37. The third-order valence-electron chi connectivity index (χ3n) is 5.82. The number of benzene rings is 2. The number of nitro benzene ring substituents is 2. The van der Waals surface area contributed by atoms with Crippen LogP contribution in [0.25, 0.3) is 6.08 Å². The van der Waals surface area contributed by atoms with Crippen molar-refractivity contribution in [3.63, 3.8) is 0 Å². The third kappa shape index (κ3) is 5.28. The van der Waals surface area contributed by atoms with E-state index < -0.39 is 21.2 Å². The molecule has 0 radical (unpaired) electrons. The molecular weight excluding hydrogens is 494 g/mol. The standard InChI is InChI=1S/C23H21N3O7S2/c1-32-20-11-14(12-21-22(27)24(23(34)35-21)15-5-3-2-4-6-15)7-9-19(20)33-18-10-8-16(25(28)29)13-17(18)26(30)31/h7-13,15H,2-6H2,1H3. The van der Waals surface area contributed by atoms with E-state index in [9.17, 15) is 25.0 Å². The van der Waals surface area contributed by atoms with Crippen LogP contribution in [0.3, 0.4) is 0 Å². The predicted octanol–water partition coefficient (Wildman–Crippen LogP) is 5.84. The summed E-state index contributed by atoms with van der Waals surface area (Å²) >= 11 is 6.74. The molecule has 10 nitrogen and oxygen atoms in total. The first-order valence-corrected chi connectivity index (χ1v) is 12.1. The van der Waals surface area contributed by atoms with E-state index in [0.717, 1.165) is 37.8 Å². The molecule has 2 aliphatic rings. The van der Waals surface area contributed by atoms with Gasteiger partial charge in [0.15, 0.2) is 11.5 Å². The Morgan fingerprint density at radius 1 is 1.03 bits per heavy atom. The molecule has 2 aromatic carbocycles. The van der Waals surface area contributed by atoms with E-state index in [1.54, 1.807) is 29.2 Å². The zero-order valence-electron chi connectivity index (χ0n) is 18.7. The van der Waals surface area contributed by atoms with Crippen molar-refractivity contribution in [3.8, 4) is 17.2 Å². The number of ether oxygens (including phenoxy) is 2. The SMILES string of the molecule is COc1cc(C=C2SC(=S)N(C3CCCCC3)C2=O)ccc1Oc1ccc([N+](=O)[O-])cc1[N+](=O)[O-]. The summed E-state index contributed by atoms with van der Waals surface area (Å²) in [6.45, 7) is 0. The highest BCUT2D eigenvalue weighted by molar-refractivity contribution is 8.26. The molecule has 0 spiro atoms. The van der Waals surface area contributed by atoms with E-state index in [4.69, 9.17) is 21.7 Å². The summed E-state index contributed by atoms with van der Waals surface area (Å²) in [7, 11) is 1.42. The first-order valence-electron chi connectivity index (χ1n) is 10.8. The highest BCUT2D eigenvalue weighted by Crippen LogP contribution is 2.40. The lowest BCUT2D eigenvalue weighted by Gasteiger charge is -2.29. The van der Waals surface area contributed by atoms with E-state index in [1.165, 1.54) is 31.4 Å². The van der Waals surface area contributed by atoms with Crippen molar-refractivity contribution in [3.05, 3.63) is 67.1 Å². The Kier molecular flexibility index (Phi) is 7.31. The molecule has 182 valence electrons. The van der Waals surface area contributed by atoms with Gasteiger partial charge in [-0.25, -0.2) is 0 Å². The van der Waals surface area contributed by atoms with E-state index in [-0.39, 0.29) is 29.2 Å². The monoisotopic (exact) mass is 515 g/mol. The number of thiocarbonyl (C=S) groups is 1. The molecule has 1 amide bonds. The van der Waals surface area contributed by atoms with Gasteiger partial charge in [-0.1, -0.05) is 49.3 Å². The summed E-state index contributed by atoms with van der Waals surface area (Å²) < 4.78 is 11.6. The van der Waals surface area contributed by atoms with Crippen molar-refractivity contribution in [1.29, 1.82) is 0 Å². The van der Waals surface area contributed by atoms with Gasteiger partial charge in [-0.2, -0.15) is 0 Å². The second-order valence-corrected chi connectivity index (χ2v) is 9.70. The molecule has 0 atom stereocenters. The minimum absolute atomic E-state index is 0.104. The summed E-state index contributed by atoms with van der Waals surface area (Å²) in [6.07, 6.45) is 6.99. The minimum atomic E-state index is -0.752. The van der Waals surface area contributed by atoms with Crippen LogP contribution in [0.5, 0.6) is 17.2 Å². The topological polar surface area (TPSA) is 125 Å². The maximum atomic E-state index is 13.0. The van der Waals surface area contributed by atoms with Crippen molar-refractivity contribution < 1.29 is 24.1 Å². The van der Waals surface area contributed by atoms with Gasteiger partial charge in [0.25, 0.3) is 11.6 Å². The fraction of sp³-hybridized carbons (Fsp3) is 0.304. The molecule has 4 rings (SSSR count). The van der Waals surface area contributed by atoms with Crippen LogP contribution >= 0.6 is 24.0 Å². The van der Waals surface area contributed by atoms with Gasteiger partial charge in [0.2, 0.25) is 5.75 Å². The Morgan fingerprint density at radius 2 is 1.74 bits per heavy atom. The number of methoxy groups -OCH3 is 1. The molecule has 1 aliphatic carbocycles. The van der Waals surface area contributed by atoms with Crippen molar-refractivity contribution in [1.82, 2.24) is 4.90 Å². The van der Waals surface area contributed by atoms with Crippen molar-refractivity contribution in [2.24, 2.45) is 0 Å². The van der Waals surface area contributed by atoms with Crippen molar-refractivity contribution in [2.75, 3.05) is 7.11 Å². The van der Waals surface area contributed by atoms with Gasteiger partial charge in [0, 0.05) is 12.1 Å². The van der Waals surface area contributed by atoms with Gasteiger partial charge >= 0.3 is 5.69 Å². The lowest BCUT2D eigenvalue weighted by Crippen LogP contribution is -2.39. The molecule has 1 saturated carbocycles. The van der Waals surface area contributed by atoms with E-state index in [2.05, 4.69) is 0 Å². The quantitative estimate of drug-likeness (QED) is 0.193. The summed E-state index contributed by atoms with van der Waals surface area (Å²) in [5, 5.41) is 22.4. The minimum Gasteiger partial charge on any atom is -0.493 e. The Hall–Kier alpha value is -3.51. The zero-order chi connectivity index (χ0) is 25.1. The number of non-ortho nitro benzene ring substituents is 1. The summed E-state index contributed by atoms with van der Waals surface area (Å²) in [6, 6.07) is 8.15. The molecule has 2 fully saturated rings. The van der Waals surface area contributed by atoms with Gasteiger partial charge < -0.3 is 9.47 Å². The number of hydrogen-bond acceptors (Lipinski definition) is 9. The molecule has 2 aromatic rings. The highest BCUT2D eigenvalue weighted by atomic mass is 32.2. The normalized spacial score (nSPS) is 17.6. The maximum Gasteiger partial charge on any atom is 0.318 e. The number of amides is 1. The number of nitrogens with zero attached hydrogens (tertiary/aromatic N) is 3. The van der Waals surface area contributed by atoms with Crippen molar-refractivity contribution >= 4 is 51.7 Å². The van der Waals surface area contributed by atoms with Crippen LogP contribution in [0.2, 0.25) is 0 Å². The average Bonchev–Trinajstić information content (AvgIpc) is 3.12. The molecule has 0 N–H and O–H groups in total. The summed E-state index contributed by atoms with van der Waals surface area (Å²) in [4.78, 5) is 36.2. The van der Waals surface area contributed by atoms with Crippen LogP contribution in [0.1, 0.15) is 37.7 Å². The first-order chi connectivity index (χ1) is 16.8. The smallest absolute Gasteiger partial charge is 0.318 e. The van der Waals surface area contributed by atoms with Crippen LogP contribution in [0, 0.1) is 20.2 Å². The fourth-order valence-corrected chi connectivity index (χ4v) is 5.51. The van der Waals surface area contributed by atoms with Gasteiger partial charge in [0.1, 0.15) is 4.32 Å². The van der Waals surface area contributed by atoms with Crippen LogP contribution in [-0.4, -0.2) is 38.1 Å². The zero-order valence-corrected chi connectivity index (χ0v) is 20.3. The fourth-order valence-electron chi connectivity index (χ4n) is 4.11. The maximum absolute atomic E-state index is 13.0. The first kappa shape index (κ1) is 24.6. The summed E-state index contributed by atoms with van der Waals surface area (Å²) in [5.74, 6) is 0.179. The molecule has 35 heavy (non-hydrogen) atoms. The van der Waals surface area contributed by atoms with Gasteiger partial charge in [0.05, 0.1) is 27.9 Å². The number of nitro groups is 2. The van der Waals surface area contributed by atoms with Crippen LogP contribution in [0.15, 0.2) is 41.3 Å². The molecule has 0 aromatic heterocycles. The predicted molar refractivity (Wildman–Crippen MR) is 135 cm³/mol. The lowest BCUT2D eigenvalue weighted by atomic mass is 9.94. The molecule has 0 unspecified atom stereocenters. The Morgan fingerprint density at radius 3 is 2.40 bits per heavy atom. The lowest BCUT2D eigenvalue weighted by molar-refractivity contribution is -0.394. The van der Waals surface area contributed by atoms with Crippen LogP contribution in [0.4, 0.5) is 11.4 Å². The third-order valence-corrected chi connectivity index (χ3v) is 7.15. The number of rotatable bonds is 7. The van der Waals surface area contributed by atoms with Crippen LogP contribution < -0.4 is 9.47 Å². The van der Waals surface area contributed by atoms with E-state index in [0.29, 0.717) is 14.8 Å². The second-order valence-electron chi connectivity index (χ2n) is 8.02. The van der Waals surface area contributed by atoms with E-state index in [1.807, 2.05) is 0 Å². The number of hydrogen-bond donors (Lipinski definition) is 0. The van der Waals surface area contributed by atoms with Crippen molar-refractivity contribution in [2.45, 2.75) is 38.1 Å². The number of thioether (sulfide) groups is 1. The Bertz CT molecular complexity index is 1240. The molecular formula is C23H21N3O7S2. The van der Waals surface area contributed by atoms with Gasteiger partial charge in [-0.05, 0) is 42.7 Å². The molecule has 12 heteroatoms. The Labute approximate surface area is 210 Å². The van der Waals surface area contributed by atoms with Gasteiger partial charge in [-0.15, -0.1) is 0 Å². The number of carbonyl (C=O) groups excluding carboxylic acids is 1. The number of carbonyl (C=O) groups is 1. The average molecular weight is 516 g/mol. The van der Waals surface area contributed by atoms with Crippen LogP contribution in [-0.2, 0) is 4.79 Å². The second kappa shape index (κ2) is 10.4. The molecule has 1 aliphatic heterocycles. The summed E-state index contributed by atoms with van der Waals surface area (Å²) in [5.41, 5.74) is -0.301. The molecule has 1 heterocycles. The van der Waals surface area contributed by atoms with E-state index >= 15 is 0 Å². The largest absolute Gasteiger partial charge is 0.493 e. The molecule has 0 bridgehead atoms. The van der Waals surface area contributed by atoms with Gasteiger partial charge in [-0.3, -0.25) is 29.9 Å². The molecule has 1 saturated heterocycles.